The van der Waals surface area contributed by atoms with E-state index in [0.29, 0.717) is 18.9 Å². The standard InChI is InChI=1S/C10H19NO4/c1-3-8(4-5-9(12)13)6-7-11-10(14)15-2/h8H,3-7H2,1-2H3,(H,11,14)(H,12,13). The molecule has 0 aliphatic rings. The first-order valence-electron chi connectivity index (χ1n) is 5.13. The molecule has 0 saturated heterocycles. The van der Waals surface area contributed by atoms with Crippen LogP contribution >= 0.6 is 0 Å². The summed E-state index contributed by atoms with van der Waals surface area (Å²) in [4.78, 5) is 21.1. The van der Waals surface area contributed by atoms with Crippen molar-refractivity contribution in [2.24, 2.45) is 5.92 Å². The Bertz CT molecular complexity index is 206. The van der Waals surface area contributed by atoms with Gasteiger partial charge in [-0.25, -0.2) is 4.79 Å². The molecule has 0 spiro atoms. The number of carbonyl (C=O) groups is 2. The van der Waals surface area contributed by atoms with E-state index in [9.17, 15) is 9.59 Å². The molecule has 0 radical (unpaired) electrons. The zero-order valence-electron chi connectivity index (χ0n) is 9.28. The Morgan fingerprint density at radius 2 is 2.07 bits per heavy atom. The molecule has 2 N–H and O–H groups in total. The van der Waals surface area contributed by atoms with E-state index in [1.54, 1.807) is 0 Å². The summed E-state index contributed by atoms with van der Waals surface area (Å²) in [6.07, 6.45) is 2.13. The van der Waals surface area contributed by atoms with Crippen LogP contribution in [0.4, 0.5) is 4.79 Å². The van der Waals surface area contributed by atoms with Crippen LogP contribution in [0.5, 0.6) is 0 Å². The first kappa shape index (κ1) is 13.7. The van der Waals surface area contributed by atoms with Gasteiger partial charge in [0, 0.05) is 13.0 Å². The molecule has 0 aromatic heterocycles. The minimum absolute atomic E-state index is 0.191. The fourth-order valence-corrected chi connectivity index (χ4v) is 1.33. The van der Waals surface area contributed by atoms with Crippen LogP contribution in [0.2, 0.25) is 0 Å². The minimum Gasteiger partial charge on any atom is -0.481 e. The molecule has 0 bridgehead atoms. The zero-order valence-corrected chi connectivity index (χ0v) is 9.28. The van der Waals surface area contributed by atoms with Crippen LogP contribution < -0.4 is 5.32 Å². The maximum absolute atomic E-state index is 10.7. The highest BCUT2D eigenvalue weighted by Gasteiger charge is 2.09. The van der Waals surface area contributed by atoms with Crippen molar-refractivity contribution < 1.29 is 19.4 Å². The maximum atomic E-state index is 10.7. The lowest BCUT2D eigenvalue weighted by Crippen LogP contribution is -2.25. The normalized spacial score (nSPS) is 11.9. The average molecular weight is 217 g/mol. The Labute approximate surface area is 89.8 Å². The molecule has 0 aliphatic carbocycles. The highest BCUT2D eigenvalue weighted by molar-refractivity contribution is 5.67. The molecule has 5 nitrogen and oxygen atoms in total. The average Bonchev–Trinajstić information content (AvgIpc) is 2.22. The Morgan fingerprint density at radius 3 is 2.53 bits per heavy atom. The van der Waals surface area contributed by atoms with Gasteiger partial charge in [-0.2, -0.15) is 0 Å². The second kappa shape index (κ2) is 8.08. The molecule has 1 atom stereocenters. The number of amides is 1. The fourth-order valence-electron chi connectivity index (χ4n) is 1.33. The number of alkyl carbamates (subject to hydrolysis) is 1. The van der Waals surface area contributed by atoms with Crippen molar-refractivity contribution in [1.82, 2.24) is 5.32 Å². The van der Waals surface area contributed by atoms with Crippen molar-refractivity contribution in [1.29, 1.82) is 0 Å². The molecule has 0 aromatic rings. The van der Waals surface area contributed by atoms with Gasteiger partial charge in [-0.3, -0.25) is 4.79 Å². The van der Waals surface area contributed by atoms with Crippen LogP contribution in [0.15, 0.2) is 0 Å². The van der Waals surface area contributed by atoms with E-state index < -0.39 is 12.1 Å². The van der Waals surface area contributed by atoms with Crippen molar-refractivity contribution in [2.45, 2.75) is 32.6 Å². The Morgan fingerprint density at radius 1 is 1.40 bits per heavy atom. The number of hydrogen-bond acceptors (Lipinski definition) is 3. The molecule has 1 unspecified atom stereocenters. The molecule has 5 heteroatoms. The summed E-state index contributed by atoms with van der Waals surface area (Å²) in [5.74, 6) is -0.423. The monoisotopic (exact) mass is 217 g/mol. The third-order valence-electron chi connectivity index (χ3n) is 2.35. The Hall–Kier alpha value is -1.26. The third-order valence-corrected chi connectivity index (χ3v) is 2.35. The molecule has 0 saturated carbocycles. The Kier molecular flexibility index (Phi) is 7.40. The van der Waals surface area contributed by atoms with E-state index in [1.807, 2.05) is 6.92 Å². The number of carbonyl (C=O) groups excluding carboxylic acids is 1. The van der Waals surface area contributed by atoms with E-state index in [4.69, 9.17) is 5.11 Å². The van der Waals surface area contributed by atoms with Gasteiger partial charge < -0.3 is 15.2 Å². The van der Waals surface area contributed by atoms with Gasteiger partial charge in [-0.05, 0) is 18.8 Å². The topological polar surface area (TPSA) is 75.6 Å². The zero-order chi connectivity index (χ0) is 11.7. The lowest BCUT2D eigenvalue weighted by molar-refractivity contribution is -0.137. The molecule has 15 heavy (non-hydrogen) atoms. The summed E-state index contributed by atoms with van der Waals surface area (Å²) in [6, 6.07) is 0. The van der Waals surface area contributed by atoms with E-state index in [-0.39, 0.29) is 6.42 Å². The second-order valence-electron chi connectivity index (χ2n) is 3.41. The van der Waals surface area contributed by atoms with Crippen LogP contribution in [-0.2, 0) is 9.53 Å². The smallest absolute Gasteiger partial charge is 0.406 e. The molecule has 0 heterocycles. The predicted octanol–water partition coefficient (Wildman–Crippen LogP) is 1.62. The number of aliphatic carboxylic acids is 1. The van der Waals surface area contributed by atoms with Crippen molar-refractivity contribution in [3.8, 4) is 0 Å². The summed E-state index contributed by atoms with van der Waals surface area (Å²) in [6.45, 7) is 2.55. The van der Waals surface area contributed by atoms with Gasteiger partial charge in [0.1, 0.15) is 0 Å². The van der Waals surface area contributed by atoms with Crippen LogP contribution in [0.3, 0.4) is 0 Å². The summed E-state index contributed by atoms with van der Waals surface area (Å²) < 4.78 is 4.42. The van der Waals surface area contributed by atoms with Gasteiger partial charge in [0.2, 0.25) is 0 Å². The fraction of sp³-hybridized carbons (Fsp3) is 0.800. The van der Waals surface area contributed by atoms with E-state index in [2.05, 4.69) is 10.1 Å². The number of ether oxygens (including phenoxy) is 1. The van der Waals surface area contributed by atoms with Crippen molar-refractivity contribution in [3.63, 3.8) is 0 Å². The highest BCUT2D eigenvalue weighted by atomic mass is 16.5. The van der Waals surface area contributed by atoms with Gasteiger partial charge in [0.05, 0.1) is 7.11 Å². The first-order valence-corrected chi connectivity index (χ1v) is 5.13. The summed E-state index contributed by atoms with van der Waals surface area (Å²) >= 11 is 0. The summed E-state index contributed by atoms with van der Waals surface area (Å²) in [5, 5.41) is 11.1. The van der Waals surface area contributed by atoms with Crippen molar-refractivity contribution in [3.05, 3.63) is 0 Å². The molecular weight excluding hydrogens is 198 g/mol. The molecule has 1 amide bonds. The molecule has 0 rings (SSSR count). The largest absolute Gasteiger partial charge is 0.481 e. The van der Waals surface area contributed by atoms with Gasteiger partial charge in [-0.1, -0.05) is 13.3 Å². The van der Waals surface area contributed by atoms with Crippen LogP contribution in [0.1, 0.15) is 32.6 Å². The number of nitrogens with one attached hydrogen (secondary N) is 1. The van der Waals surface area contributed by atoms with Gasteiger partial charge in [0.25, 0.3) is 0 Å². The van der Waals surface area contributed by atoms with Crippen LogP contribution in [0.25, 0.3) is 0 Å². The second-order valence-corrected chi connectivity index (χ2v) is 3.41. The first-order chi connectivity index (χ1) is 7.10. The Balaban J connectivity index is 3.61. The van der Waals surface area contributed by atoms with Gasteiger partial charge >= 0.3 is 12.1 Å². The molecule has 0 aromatic carbocycles. The van der Waals surface area contributed by atoms with Gasteiger partial charge in [0.15, 0.2) is 0 Å². The lowest BCUT2D eigenvalue weighted by atomic mass is 9.97. The lowest BCUT2D eigenvalue weighted by Gasteiger charge is -2.13. The van der Waals surface area contributed by atoms with E-state index in [1.165, 1.54) is 7.11 Å². The highest BCUT2D eigenvalue weighted by Crippen LogP contribution is 2.14. The van der Waals surface area contributed by atoms with Crippen LogP contribution in [0, 0.1) is 5.92 Å². The van der Waals surface area contributed by atoms with Crippen molar-refractivity contribution in [2.75, 3.05) is 13.7 Å². The molecule has 88 valence electrons. The number of rotatable bonds is 7. The summed E-state index contributed by atoms with van der Waals surface area (Å²) in [5.41, 5.74) is 0. The van der Waals surface area contributed by atoms with E-state index >= 15 is 0 Å². The SMILES string of the molecule is CCC(CCNC(=O)OC)CCC(=O)O. The van der Waals surface area contributed by atoms with Crippen LogP contribution in [-0.4, -0.2) is 30.8 Å². The summed E-state index contributed by atoms with van der Waals surface area (Å²) in [7, 11) is 1.32. The third kappa shape index (κ3) is 7.78. The quantitative estimate of drug-likeness (QED) is 0.679. The number of carboxylic acids is 1. The minimum atomic E-state index is -0.769. The van der Waals surface area contributed by atoms with Gasteiger partial charge in [-0.15, -0.1) is 0 Å². The number of hydrogen-bond donors (Lipinski definition) is 2. The molecular formula is C10H19NO4. The van der Waals surface area contributed by atoms with E-state index in [0.717, 1.165) is 12.8 Å². The maximum Gasteiger partial charge on any atom is 0.406 e. The number of carboxylic acid groups (broad SMARTS) is 1. The van der Waals surface area contributed by atoms with Crippen molar-refractivity contribution >= 4 is 12.1 Å². The number of methoxy groups -OCH3 is 1. The predicted molar refractivity (Wildman–Crippen MR) is 55.7 cm³/mol. The molecule has 0 aliphatic heterocycles. The molecule has 0 fully saturated rings.